The maximum Gasteiger partial charge on any atom is 0.176 e. The highest BCUT2D eigenvalue weighted by Gasteiger charge is 2.40. The van der Waals surface area contributed by atoms with E-state index in [-0.39, 0.29) is 0 Å². The van der Waals surface area contributed by atoms with Crippen LogP contribution in [0.5, 0.6) is 0 Å². The van der Waals surface area contributed by atoms with Crippen LogP contribution in [0.3, 0.4) is 0 Å². The number of fused-ring (bicyclic) bond motifs is 1. The number of hydrogen-bond donors (Lipinski definition) is 2. The summed E-state index contributed by atoms with van der Waals surface area (Å²) < 4.78 is 0. The second-order valence-corrected chi connectivity index (χ2v) is 9.78. The Hall–Kier alpha value is -4.61. The zero-order valence-electron chi connectivity index (χ0n) is 21.4. The number of allylic oxidation sites excluding steroid dienone is 1. The normalized spacial score (nSPS) is 18.1. The summed E-state index contributed by atoms with van der Waals surface area (Å²) in [6, 6.07) is 34.2. The van der Waals surface area contributed by atoms with Crippen molar-refractivity contribution < 1.29 is 5.11 Å². The Bertz CT molecular complexity index is 1690. The third-order valence-corrected chi connectivity index (χ3v) is 7.30. The van der Waals surface area contributed by atoms with Crippen molar-refractivity contribution in [2.45, 2.75) is 25.9 Å². The summed E-state index contributed by atoms with van der Waals surface area (Å²) >= 11 is 0. The van der Waals surface area contributed by atoms with Crippen LogP contribution in [0.1, 0.15) is 28.7 Å². The van der Waals surface area contributed by atoms with Crippen molar-refractivity contribution >= 4 is 27.9 Å². The number of aliphatic hydroxyl groups is 1. The van der Waals surface area contributed by atoms with Crippen molar-refractivity contribution in [1.29, 1.82) is 0 Å². The first-order valence-corrected chi connectivity index (χ1v) is 12.7. The fourth-order valence-corrected chi connectivity index (χ4v) is 5.09. The van der Waals surface area contributed by atoms with Crippen molar-refractivity contribution in [1.82, 2.24) is 10.2 Å². The lowest BCUT2D eigenvalue weighted by molar-refractivity contribution is 0.113. The van der Waals surface area contributed by atoms with Crippen molar-refractivity contribution in [3.63, 3.8) is 0 Å². The molecule has 4 aromatic carbocycles. The molecule has 0 aliphatic heterocycles. The fourth-order valence-electron chi connectivity index (χ4n) is 5.09. The average Bonchev–Trinajstić information content (AvgIpc) is 3.31. The third kappa shape index (κ3) is 4.27. The van der Waals surface area contributed by atoms with Crippen molar-refractivity contribution in [2.75, 3.05) is 5.43 Å². The van der Waals surface area contributed by atoms with Gasteiger partial charge in [-0.1, -0.05) is 97.1 Å². The molecular formula is C33H28N4O. The molecule has 0 fully saturated rings. The molecular weight excluding hydrogens is 468 g/mol. The number of anilines is 1. The molecule has 5 aromatic rings. The highest BCUT2D eigenvalue weighted by atomic mass is 16.3. The summed E-state index contributed by atoms with van der Waals surface area (Å²) in [7, 11) is 0. The smallest absolute Gasteiger partial charge is 0.176 e. The molecule has 0 radical (unpaired) electrons. The molecule has 0 saturated carbocycles. The van der Waals surface area contributed by atoms with Crippen molar-refractivity contribution in [3.05, 3.63) is 131 Å². The molecule has 0 amide bonds. The van der Waals surface area contributed by atoms with Crippen LogP contribution in [0.15, 0.2) is 114 Å². The molecule has 1 heterocycles. The first-order chi connectivity index (χ1) is 18.5. The molecule has 0 spiro atoms. The van der Waals surface area contributed by atoms with Gasteiger partial charge >= 0.3 is 0 Å². The molecule has 2 N–H and O–H groups in total. The molecule has 0 bridgehead atoms. The highest BCUT2D eigenvalue weighted by Crippen LogP contribution is 2.44. The topological polar surface area (TPSA) is 70.4 Å². The summed E-state index contributed by atoms with van der Waals surface area (Å²) in [6.07, 6.45) is 2.31. The van der Waals surface area contributed by atoms with Crippen LogP contribution in [0.25, 0.3) is 27.6 Å². The molecule has 5 heteroatoms. The van der Waals surface area contributed by atoms with Crippen LogP contribution in [-0.2, 0) is 5.60 Å². The van der Waals surface area contributed by atoms with E-state index in [1.165, 1.54) is 11.1 Å². The molecule has 38 heavy (non-hydrogen) atoms. The minimum Gasteiger partial charge on any atom is -0.380 e. The van der Waals surface area contributed by atoms with E-state index in [2.05, 4.69) is 53.7 Å². The summed E-state index contributed by atoms with van der Waals surface area (Å²) in [5.41, 5.74) is 9.67. The summed E-state index contributed by atoms with van der Waals surface area (Å²) in [4.78, 5) is 0. The largest absolute Gasteiger partial charge is 0.380 e. The van der Waals surface area contributed by atoms with Gasteiger partial charge in [0, 0.05) is 22.8 Å². The quantitative estimate of drug-likeness (QED) is 0.256. The predicted octanol–water partition coefficient (Wildman–Crippen LogP) is 7.06. The predicted molar refractivity (Wildman–Crippen MR) is 155 cm³/mol. The lowest BCUT2D eigenvalue weighted by Gasteiger charge is -2.27. The number of hydrogen-bond acceptors (Lipinski definition) is 5. The lowest BCUT2D eigenvalue weighted by atomic mass is 9.84. The standard InChI is InChI=1S/C33H28N4O/c1-22-17-18-25(19-23(22)2)31-28-15-9-10-16-29(28)32(37-35-31)36-34-27-20-30(24-11-5-3-6-12-24)33(38,21-27)26-13-7-4-8-14-26/h3-20,38H,21H2,1-2H3,(H,36,37)/b34-27-/t33-/m1/s1. The Balaban J connectivity index is 1.38. The van der Waals surface area contributed by atoms with Gasteiger partial charge in [0.1, 0.15) is 11.3 Å². The zero-order chi connectivity index (χ0) is 26.1. The maximum atomic E-state index is 11.9. The number of benzene rings is 4. The second-order valence-electron chi connectivity index (χ2n) is 9.78. The van der Waals surface area contributed by atoms with Gasteiger partial charge in [-0.25, -0.2) is 0 Å². The summed E-state index contributed by atoms with van der Waals surface area (Å²) in [5, 5.41) is 27.6. The Morgan fingerprint density at radius 1 is 0.737 bits per heavy atom. The van der Waals surface area contributed by atoms with Gasteiger partial charge in [0.05, 0.1) is 5.71 Å². The molecule has 1 aliphatic rings. The molecule has 186 valence electrons. The van der Waals surface area contributed by atoms with E-state index in [4.69, 9.17) is 5.10 Å². The van der Waals surface area contributed by atoms with E-state index in [1.54, 1.807) is 0 Å². The molecule has 5 nitrogen and oxygen atoms in total. The zero-order valence-corrected chi connectivity index (χ0v) is 21.4. The average molecular weight is 497 g/mol. The minimum atomic E-state index is -1.18. The Kier molecular flexibility index (Phi) is 6.06. The van der Waals surface area contributed by atoms with Gasteiger partial charge in [0.25, 0.3) is 0 Å². The minimum absolute atomic E-state index is 0.348. The van der Waals surface area contributed by atoms with Gasteiger partial charge in [-0.2, -0.15) is 5.10 Å². The van der Waals surface area contributed by atoms with Gasteiger partial charge in [0.2, 0.25) is 0 Å². The third-order valence-electron chi connectivity index (χ3n) is 7.30. The molecule has 0 saturated heterocycles. The number of nitrogens with one attached hydrogen (secondary N) is 1. The van der Waals surface area contributed by atoms with Crippen LogP contribution in [0.2, 0.25) is 0 Å². The van der Waals surface area contributed by atoms with E-state index in [1.807, 2.05) is 84.9 Å². The first-order valence-electron chi connectivity index (χ1n) is 12.7. The molecule has 6 rings (SSSR count). The van der Waals surface area contributed by atoms with Gasteiger partial charge in [-0.15, -0.1) is 10.2 Å². The van der Waals surface area contributed by atoms with E-state index < -0.39 is 5.60 Å². The SMILES string of the molecule is Cc1ccc(-c2nnc(N/N=C3/C=C(c4ccccc4)[C@](O)(c4ccccc4)C3)c3ccccc23)cc1C. The van der Waals surface area contributed by atoms with E-state index >= 15 is 0 Å². The van der Waals surface area contributed by atoms with Gasteiger partial charge in [-0.3, -0.25) is 5.43 Å². The van der Waals surface area contributed by atoms with Crippen LogP contribution in [0, 0.1) is 13.8 Å². The number of aryl methyl sites for hydroxylation is 2. The molecule has 0 unspecified atom stereocenters. The van der Waals surface area contributed by atoms with E-state index in [0.717, 1.165) is 44.4 Å². The fraction of sp³-hybridized carbons (Fsp3) is 0.121. The van der Waals surface area contributed by atoms with Crippen LogP contribution >= 0.6 is 0 Å². The highest BCUT2D eigenvalue weighted by molar-refractivity contribution is 6.09. The van der Waals surface area contributed by atoms with Crippen LogP contribution < -0.4 is 5.43 Å². The van der Waals surface area contributed by atoms with Gasteiger partial charge in [-0.05, 0) is 53.8 Å². The molecule has 1 atom stereocenters. The van der Waals surface area contributed by atoms with E-state index in [9.17, 15) is 5.11 Å². The van der Waals surface area contributed by atoms with Gasteiger partial charge in [0.15, 0.2) is 5.82 Å². The maximum absolute atomic E-state index is 11.9. The molecule has 1 aromatic heterocycles. The Labute approximate surface area is 222 Å². The van der Waals surface area contributed by atoms with Gasteiger partial charge < -0.3 is 5.11 Å². The Morgan fingerprint density at radius 2 is 1.42 bits per heavy atom. The summed E-state index contributed by atoms with van der Waals surface area (Å²) in [6.45, 7) is 4.21. The van der Waals surface area contributed by atoms with Crippen LogP contribution in [0.4, 0.5) is 5.82 Å². The number of aromatic nitrogens is 2. The molecule has 1 aliphatic carbocycles. The number of hydrazone groups is 1. The van der Waals surface area contributed by atoms with Crippen molar-refractivity contribution in [3.8, 4) is 11.3 Å². The Morgan fingerprint density at radius 3 is 2.16 bits per heavy atom. The lowest BCUT2D eigenvalue weighted by Crippen LogP contribution is -2.25. The number of nitrogens with zero attached hydrogens (tertiary/aromatic N) is 3. The second kappa shape index (κ2) is 9.69. The summed E-state index contributed by atoms with van der Waals surface area (Å²) in [5.74, 6) is 0.575. The van der Waals surface area contributed by atoms with Crippen molar-refractivity contribution in [2.24, 2.45) is 5.10 Å². The van der Waals surface area contributed by atoms with Crippen LogP contribution in [-0.4, -0.2) is 21.0 Å². The number of rotatable bonds is 5. The first kappa shape index (κ1) is 23.8. The monoisotopic (exact) mass is 496 g/mol. The van der Waals surface area contributed by atoms with E-state index in [0.29, 0.717) is 12.2 Å².